The number of carbonyl (C=O) groups is 1. The normalized spacial score (nSPS) is 13.2. The number of hydrogen-bond acceptors (Lipinski definition) is 6. The summed E-state index contributed by atoms with van der Waals surface area (Å²) in [5.74, 6) is -1.60. The number of aliphatic hydroxyl groups excluding tert-OH is 1. The molecular weight excluding hydrogens is 458 g/mol. The van der Waals surface area contributed by atoms with Gasteiger partial charge in [-0.25, -0.2) is 4.68 Å². The minimum absolute atomic E-state index is 0.0594. The van der Waals surface area contributed by atoms with Crippen LogP contribution >= 0.6 is 0 Å². The number of aliphatic carboxylic acids is 1. The highest BCUT2D eigenvalue weighted by Gasteiger charge is 2.26. The topological polar surface area (TPSA) is 123 Å². The zero-order valence-corrected chi connectivity index (χ0v) is 20.5. The Labute approximate surface area is 209 Å². The number of fused-ring (bicyclic) bond motifs is 1. The fourth-order valence-corrected chi connectivity index (χ4v) is 4.28. The van der Waals surface area contributed by atoms with E-state index in [-0.39, 0.29) is 18.5 Å². The molecule has 0 fully saturated rings. The number of aliphatic hydroxyl groups is 1. The van der Waals surface area contributed by atoms with Crippen molar-refractivity contribution >= 4 is 16.9 Å². The van der Waals surface area contributed by atoms with Crippen LogP contribution in [0.5, 0.6) is 0 Å². The number of carboxylic acid groups (broad SMARTS) is 1. The summed E-state index contributed by atoms with van der Waals surface area (Å²) in [5, 5.41) is 33.1. The summed E-state index contributed by atoms with van der Waals surface area (Å²) in [6, 6.07) is 14.9. The maximum absolute atomic E-state index is 12.6. The van der Waals surface area contributed by atoms with Gasteiger partial charge in [0.15, 0.2) is 0 Å². The van der Waals surface area contributed by atoms with Crippen molar-refractivity contribution in [2.24, 2.45) is 11.8 Å². The lowest BCUT2D eigenvalue weighted by Gasteiger charge is -2.19. The van der Waals surface area contributed by atoms with Crippen LogP contribution in [0.15, 0.2) is 65.7 Å². The molecule has 0 aliphatic heterocycles. The third-order valence-corrected chi connectivity index (χ3v) is 6.26. The van der Waals surface area contributed by atoms with Gasteiger partial charge in [0.1, 0.15) is 5.52 Å². The molecule has 0 amide bonds. The number of hydrogen-bond donors (Lipinski definition) is 2. The predicted molar refractivity (Wildman–Crippen MR) is 136 cm³/mol. The van der Waals surface area contributed by atoms with E-state index in [9.17, 15) is 19.8 Å². The summed E-state index contributed by atoms with van der Waals surface area (Å²) in [6.45, 7) is 5.22. The molecule has 2 atom stereocenters. The Bertz CT molecular complexity index is 1380. The third-order valence-electron chi connectivity index (χ3n) is 6.26. The van der Waals surface area contributed by atoms with E-state index in [0.29, 0.717) is 29.7 Å². The van der Waals surface area contributed by atoms with Crippen LogP contribution in [0, 0.1) is 11.8 Å². The fraction of sp³-hybridized carbons (Fsp3) is 0.370. The molecule has 2 aromatic heterocycles. The summed E-state index contributed by atoms with van der Waals surface area (Å²) in [4.78, 5) is 24.5. The van der Waals surface area contributed by atoms with Crippen LogP contribution in [-0.2, 0) is 24.3 Å². The van der Waals surface area contributed by atoms with E-state index >= 15 is 0 Å². The molecule has 0 aliphatic rings. The fourth-order valence-electron chi connectivity index (χ4n) is 4.28. The standard InChI is InChI=1S/C27H31N5O4/c1-18(2)16-31-17-21(15-28-31)20-10-7-19(8-11-20)9-12-25(33)23(27(35)36)13-14-32-26(34)22-5-3-4-6-24(22)29-30-32/h3-8,10-11,15,17-18,23,25,33H,9,12-14,16H2,1-2H3,(H,35,36)/t23-,25-/m1/s1. The van der Waals surface area contributed by atoms with E-state index in [1.54, 1.807) is 24.3 Å². The number of benzene rings is 2. The smallest absolute Gasteiger partial charge is 0.309 e. The Morgan fingerprint density at radius 1 is 1.03 bits per heavy atom. The molecule has 0 saturated carbocycles. The van der Waals surface area contributed by atoms with Crippen LogP contribution in [0.4, 0.5) is 0 Å². The first kappa shape index (κ1) is 25.2. The molecule has 2 N–H and O–H groups in total. The van der Waals surface area contributed by atoms with Crippen molar-refractivity contribution in [1.29, 1.82) is 0 Å². The van der Waals surface area contributed by atoms with Crippen molar-refractivity contribution in [3.8, 4) is 11.1 Å². The first-order chi connectivity index (χ1) is 17.3. The molecule has 36 heavy (non-hydrogen) atoms. The molecule has 188 valence electrons. The summed E-state index contributed by atoms with van der Waals surface area (Å²) in [7, 11) is 0. The van der Waals surface area contributed by atoms with E-state index < -0.39 is 18.0 Å². The van der Waals surface area contributed by atoms with Crippen LogP contribution in [0.1, 0.15) is 32.3 Å². The molecule has 0 radical (unpaired) electrons. The minimum Gasteiger partial charge on any atom is -0.481 e. The second-order valence-corrected chi connectivity index (χ2v) is 9.52. The Hall–Kier alpha value is -3.85. The Kier molecular flexibility index (Phi) is 7.90. The highest BCUT2D eigenvalue weighted by atomic mass is 16.4. The van der Waals surface area contributed by atoms with Gasteiger partial charge in [0.25, 0.3) is 5.56 Å². The largest absolute Gasteiger partial charge is 0.481 e. The van der Waals surface area contributed by atoms with Crippen LogP contribution in [0.3, 0.4) is 0 Å². The van der Waals surface area contributed by atoms with Gasteiger partial charge < -0.3 is 10.2 Å². The van der Waals surface area contributed by atoms with Crippen molar-refractivity contribution in [1.82, 2.24) is 24.8 Å². The van der Waals surface area contributed by atoms with Crippen molar-refractivity contribution in [3.05, 3.63) is 76.8 Å². The van der Waals surface area contributed by atoms with Gasteiger partial charge in [-0.05, 0) is 48.4 Å². The van der Waals surface area contributed by atoms with E-state index in [0.717, 1.165) is 27.9 Å². The van der Waals surface area contributed by atoms with Crippen LogP contribution in [-0.4, -0.2) is 47.1 Å². The zero-order valence-electron chi connectivity index (χ0n) is 20.5. The van der Waals surface area contributed by atoms with Gasteiger partial charge in [-0.3, -0.25) is 14.3 Å². The average Bonchev–Trinajstić information content (AvgIpc) is 3.32. The highest BCUT2D eigenvalue weighted by molar-refractivity contribution is 5.76. The summed E-state index contributed by atoms with van der Waals surface area (Å²) in [6.07, 6.45) is 3.73. The molecule has 2 heterocycles. The molecule has 0 bridgehead atoms. The number of aryl methyl sites for hydroxylation is 2. The van der Waals surface area contributed by atoms with Crippen LogP contribution in [0.2, 0.25) is 0 Å². The number of carboxylic acids is 1. The van der Waals surface area contributed by atoms with Gasteiger partial charge in [-0.1, -0.05) is 55.5 Å². The van der Waals surface area contributed by atoms with Gasteiger partial charge in [0.05, 0.1) is 23.6 Å². The molecular formula is C27H31N5O4. The molecule has 0 spiro atoms. The third kappa shape index (κ3) is 6.04. The maximum atomic E-state index is 12.6. The lowest BCUT2D eigenvalue weighted by molar-refractivity contribution is -0.146. The first-order valence-electron chi connectivity index (χ1n) is 12.2. The molecule has 2 aromatic carbocycles. The molecule has 0 saturated heterocycles. The van der Waals surface area contributed by atoms with Crippen molar-refractivity contribution in [2.75, 3.05) is 0 Å². The predicted octanol–water partition coefficient (Wildman–Crippen LogP) is 3.40. The molecule has 0 aliphatic carbocycles. The lowest BCUT2D eigenvalue weighted by Crippen LogP contribution is -2.32. The minimum atomic E-state index is -1.10. The first-order valence-corrected chi connectivity index (χ1v) is 12.2. The molecule has 4 rings (SSSR count). The van der Waals surface area contributed by atoms with E-state index in [4.69, 9.17) is 0 Å². The SMILES string of the molecule is CC(C)Cn1cc(-c2ccc(CC[C@@H](O)[C@@H](CCn3nnc4ccccc4c3=O)C(=O)O)cc2)cn1. The van der Waals surface area contributed by atoms with E-state index in [1.165, 1.54) is 0 Å². The lowest BCUT2D eigenvalue weighted by atomic mass is 9.93. The Balaban J connectivity index is 1.35. The second-order valence-electron chi connectivity index (χ2n) is 9.52. The molecule has 0 unspecified atom stereocenters. The van der Waals surface area contributed by atoms with Gasteiger partial charge in [0.2, 0.25) is 0 Å². The number of rotatable bonds is 11. The second kappa shape index (κ2) is 11.3. The average molecular weight is 490 g/mol. The van der Waals surface area contributed by atoms with Gasteiger partial charge in [-0.2, -0.15) is 5.10 Å². The molecule has 9 heteroatoms. The van der Waals surface area contributed by atoms with Crippen molar-refractivity contribution in [3.63, 3.8) is 0 Å². The molecule has 4 aromatic rings. The highest BCUT2D eigenvalue weighted by Crippen LogP contribution is 2.21. The van der Waals surface area contributed by atoms with Crippen LogP contribution in [0.25, 0.3) is 22.0 Å². The maximum Gasteiger partial charge on any atom is 0.309 e. The summed E-state index contributed by atoms with van der Waals surface area (Å²) >= 11 is 0. The van der Waals surface area contributed by atoms with Crippen LogP contribution < -0.4 is 5.56 Å². The Morgan fingerprint density at radius 3 is 2.50 bits per heavy atom. The van der Waals surface area contributed by atoms with Gasteiger partial charge in [0, 0.05) is 24.8 Å². The summed E-state index contributed by atoms with van der Waals surface area (Å²) in [5.41, 5.74) is 3.27. The summed E-state index contributed by atoms with van der Waals surface area (Å²) < 4.78 is 3.10. The molecule has 9 nitrogen and oxygen atoms in total. The number of nitrogens with zero attached hydrogens (tertiary/aromatic N) is 5. The van der Waals surface area contributed by atoms with Crippen molar-refractivity contribution < 1.29 is 15.0 Å². The van der Waals surface area contributed by atoms with E-state index in [1.807, 2.05) is 41.3 Å². The van der Waals surface area contributed by atoms with Gasteiger partial charge >= 0.3 is 5.97 Å². The number of aromatic nitrogens is 5. The quantitative estimate of drug-likeness (QED) is 0.331. The Morgan fingerprint density at radius 2 is 1.78 bits per heavy atom. The van der Waals surface area contributed by atoms with Crippen molar-refractivity contribution in [2.45, 2.75) is 52.3 Å². The van der Waals surface area contributed by atoms with Gasteiger partial charge in [-0.15, -0.1) is 5.10 Å². The zero-order chi connectivity index (χ0) is 25.7. The monoisotopic (exact) mass is 489 g/mol. The van der Waals surface area contributed by atoms with E-state index in [2.05, 4.69) is 29.3 Å².